The lowest BCUT2D eigenvalue weighted by atomic mass is 9.91. The first-order valence-electron chi connectivity index (χ1n) is 7.10. The van der Waals surface area contributed by atoms with Gasteiger partial charge in [-0.3, -0.25) is 0 Å². The number of benzene rings is 2. The summed E-state index contributed by atoms with van der Waals surface area (Å²) in [5, 5.41) is 3.43. The van der Waals surface area contributed by atoms with Gasteiger partial charge in [0.15, 0.2) is 0 Å². The molecule has 0 spiro atoms. The van der Waals surface area contributed by atoms with Crippen molar-refractivity contribution in [3.8, 4) is 0 Å². The zero-order valence-corrected chi connectivity index (χ0v) is 12.8. The van der Waals surface area contributed by atoms with E-state index in [1.54, 1.807) is 0 Å². The Labute approximate surface area is 122 Å². The highest BCUT2D eigenvalue weighted by molar-refractivity contribution is 5.43. The summed E-state index contributed by atoms with van der Waals surface area (Å²) in [6.07, 6.45) is 0. The smallest absolute Gasteiger partial charge is 0.0577 e. The Hall–Kier alpha value is -1.64. The van der Waals surface area contributed by atoms with Gasteiger partial charge >= 0.3 is 0 Å². The minimum Gasteiger partial charge on any atom is -0.326 e. The summed E-state index contributed by atoms with van der Waals surface area (Å²) >= 11 is 0. The maximum absolute atomic E-state index is 5.75. The molecule has 3 N–H and O–H groups in total. The van der Waals surface area contributed by atoms with Crippen LogP contribution in [0.2, 0.25) is 0 Å². The Balaban J connectivity index is 2.49. The maximum atomic E-state index is 5.75. The Bertz CT molecular complexity index is 602. The second-order valence-corrected chi connectivity index (χ2v) is 5.46. The van der Waals surface area contributed by atoms with Crippen molar-refractivity contribution in [1.82, 2.24) is 5.32 Å². The van der Waals surface area contributed by atoms with Crippen LogP contribution >= 0.6 is 0 Å². The van der Waals surface area contributed by atoms with E-state index in [-0.39, 0.29) is 6.04 Å². The molecule has 0 aliphatic carbocycles. The average molecular weight is 268 g/mol. The molecular formula is C18H24N2. The van der Waals surface area contributed by atoms with E-state index in [1.165, 1.54) is 33.4 Å². The van der Waals surface area contributed by atoms with E-state index in [1.807, 2.05) is 7.05 Å². The molecule has 2 aromatic rings. The molecule has 0 saturated carbocycles. The summed E-state index contributed by atoms with van der Waals surface area (Å²) in [5.41, 5.74) is 13.5. The number of nitrogens with two attached hydrogens (primary N) is 1. The van der Waals surface area contributed by atoms with Crippen molar-refractivity contribution in [2.75, 3.05) is 7.05 Å². The minimum atomic E-state index is 0.209. The van der Waals surface area contributed by atoms with E-state index >= 15 is 0 Å². The lowest BCUT2D eigenvalue weighted by Gasteiger charge is -2.21. The van der Waals surface area contributed by atoms with Gasteiger partial charge in [0.1, 0.15) is 0 Å². The Kier molecular flexibility index (Phi) is 4.58. The van der Waals surface area contributed by atoms with Crippen molar-refractivity contribution in [3.05, 3.63) is 69.8 Å². The highest BCUT2D eigenvalue weighted by Crippen LogP contribution is 2.27. The highest BCUT2D eigenvalue weighted by atomic mass is 14.9. The Morgan fingerprint density at radius 1 is 1.00 bits per heavy atom. The van der Waals surface area contributed by atoms with E-state index in [0.717, 1.165) is 0 Å². The SMILES string of the molecule is CNC(c1cccc(CN)c1)c1cc(C)c(C)cc1C. The fourth-order valence-corrected chi connectivity index (χ4v) is 2.70. The highest BCUT2D eigenvalue weighted by Gasteiger charge is 2.15. The molecule has 2 heteroatoms. The summed E-state index contributed by atoms with van der Waals surface area (Å²) < 4.78 is 0. The van der Waals surface area contributed by atoms with Gasteiger partial charge in [-0.15, -0.1) is 0 Å². The van der Waals surface area contributed by atoms with Crippen molar-refractivity contribution < 1.29 is 0 Å². The molecule has 1 unspecified atom stereocenters. The maximum Gasteiger partial charge on any atom is 0.0577 e. The monoisotopic (exact) mass is 268 g/mol. The molecule has 106 valence electrons. The van der Waals surface area contributed by atoms with E-state index in [4.69, 9.17) is 5.73 Å². The molecule has 0 heterocycles. The van der Waals surface area contributed by atoms with Gasteiger partial charge in [0.2, 0.25) is 0 Å². The summed E-state index contributed by atoms with van der Waals surface area (Å²) in [5.74, 6) is 0. The van der Waals surface area contributed by atoms with Crippen LogP contribution in [0.25, 0.3) is 0 Å². The van der Waals surface area contributed by atoms with E-state index in [0.29, 0.717) is 6.54 Å². The van der Waals surface area contributed by atoms with Crippen LogP contribution in [0.1, 0.15) is 39.4 Å². The van der Waals surface area contributed by atoms with Crippen molar-refractivity contribution in [1.29, 1.82) is 0 Å². The van der Waals surface area contributed by atoms with Gasteiger partial charge < -0.3 is 11.1 Å². The molecular weight excluding hydrogens is 244 g/mol. The number of hydrogen-bond acceptors (Lipinski definition) is 2. The third-order valence-electron chi connectivity index (χ3n) is 4.00. The van der Waals surface area contributed by atoms with Crippen LogP contribution in [0.3, 0.4) is 0 Å². The fourth-order valence-electron chi connectivity index (χ4n) is 2.70. The van der Waals surface area contributed by atoms with E-state index in [2.05, 4.69) is 62.5 Å². The van der Waals surface area contributed by atoms with Gasteiger partial charge in [-0.25, -0.2) is 0 Å². The van der Waals surface area contributed by atoms with Crippen LogP contribution in [-0.2, 0) is 6.54 Å². The molecule has 0 bridgehead atoms. The van der Waals surface area contributed by atoms with Crippen LogP contribution in [0.15, 0.2) is 36.4 Å². The van der Waals surface area contributed by atoms with Crippen molar-refractivity contribution in [2.24, 2.45) is 5.73 Å². The van der Waals surface area contributed by atoms with E-state index < -0.39 is 0 Å². The Morgan fingerprint density at radius 2 is 1.70 bits per heavy atom. The standard InChI is InChI=1S/C18H24N2/c1-12-8-14(3)17(9-13(12)2)18(20-4)16-7-5-6-15(10-16)11-19/h5-10,18,20H,11,19H2,1-4H3. The molecule has 2 rings (SSSR count). The summed E-state index contributed by atoms with van der Waals surface area (Å²) in [6, 6.07) is 13.3. The quantitative estimate of drug-likeness (QED) is 0.892. The van der Waals surface area contributed by atoms with Crippen LogP contribution in [0.5, 0.6) is 0 Å². The first-order valence-corrected chi connectivity index (χ1v) is 7.10. The molecule has 0 aliphatic rings. The number of nitrogens with one attached hydrogen (secondary N) is 1. The van der Waals surface area contributed by atoms with Crippen molar-refractivity contribution in [2.45, 2.75) is 33.4 Å². The minimum absolute atomic E-state index is 0.209. The predicted octanol–water partition coefficient (Wildman–Crippen LogP) is 3.38. The first-order chi connectivity index (χ1) is 9.56. The molecule has 0 fully saturated rings. The summed E-state index contributed by atoms with van der Waals surface area (Å²) in [4.78, 5) is 0. The van der Waals surface area contributed by atoms with Gasteiger partial charge in [0.25, 0.3) is 0 Å². The molecule has 0 amide bonds. The Morgan fingerprint density at radius 3 is 2.35 bits per heavy atom. The van der Waals surface area contributed by atoms with Crippen molar-refractivity contribution >= 4 is 0 Å². The molecule has 1 atom stereocenters. The zero-order chi connectivity index (χ0) is 14.7. The van der Waals surface area contributed by atoms with Crippen LogP contribution < -0.4 is 11.1 Å². The normalized spacial score (nSPS) is 12.4. The third kappa shape index (κ3) is 2.92. The van der Waals surface area contributed by atoms with Gasteiger partial charge in [-0.2, -0.15) is 0 Å². The van der Waals surface area contributed by atoms with Crippen molar-refractivity contribution in [3.63, 3.8) is 0 Å². The number of aryl methyl sites for hydroxylation is 3. The van der Waals surface area contributed by atoms with Crippen LogP contribution in [0.4, 0.5) is 0 Å². The number of hydrogen-bond donors (Lipinski definition) is 2. The fraction of sp³-hybridized carbons (Fsp3) is 0.333. The molecule has 20 heavy (non-hydrogen) atoms. The molecule has 0 aromatic heterocycles. The zero-order valence-electron chi connectivity index (χ0n) is 12.8. The van der Waals surface area contributed by atoms with Gasteiger partial charge in [0, 0.05) is 6.54 Å². The topological polar surface area (TPSA) is 38.0 Å². The van der Waals surface area contributed by atoms with E-state index in [9.17, 15) is 0 Å². The lowest BCUT2D eigenvalue weighted by molar-refractivity contribution is 0.685. The molecule has 0 saturated heterocycles. The molecule has 2 aromatic carbocycles. The summed E-state index contributed by atoms with van der Waals surface area (Å²) in [7, 11) is 2.01. The number of rotatable bonds is 4. The van der Waals surface area contributed by atoms with Gasteiger partial charge in [-0.1, -0.05) is 36.4 Å². The second-order valence-electron chi connectivity index (χ2n) is 5.46. The molecule has 0 radical (unpaired) electrons. The third-order valence-corrected chi connectivity index (χ3v) is 4.00. The van der Waals surface area contributed by atoms with Crippen LogP contribution in [-0.4, -0.2) is 7.05 Å². The molecule has 0 aliphatic heterocycles. The average Bonchev–Trinajstić information content (AvgIpc) is 2.45. The largest absolute Gasteiger partial charge is 0.326 e. The second kappa shape index (κ2) is 6.21. The summed E-state index contributed by atoms with van der Waals surface area (Å²) in [6.45, 7) is 7.09. The van der Waals surface area contributed by atoms with Crippen LogP contribution in [0, 0.1) is 20.8 Å². The predicted molar refractivity (Wildman–Crippen MR) is 85.9 cm³/mol. The van der Waals surface area contributed by atoms with Gasteiger partial charge in [0.05, 0.1) is 6.04 Å². The lowest BCUT2D eigenvalue weighted by Crippen LogP contribution is -2.19. The first kappa shape index (κ1) is 14.8. The molecule has 2 nitrogen and oxygen atoms in total. The van der Waals surface area contributed by atoms with Gasteiger partial charge in [-0.05, 0) is 61.2 Å².